The summed E-state index contributed by atoms with van der Waals surface area (Å²) in [6.07, 6.45) is 5.00. The monoisotopic (exact) mass is 286 g/mol. The van der Waals surface area contributed by atoms with Gasteiger partial charge in [0, 0.05) is 25.0 Å². The molecular weight excluding hydrogens is 268 g/mol. The molecule has 1 N–H and O–H groups in total. The SMILES string of the molecule is [C-]#[N+]c1c[nH]n2c(=O)c(CC)c(CC3CCOCC3)nc12. The van der Waals surface area contributed by atoms with Crippen LogP contribution < -0.4 is 5.56 Å². The third-order valence-electron chi connectivity index (χ3n) is 4.12. The number of aromatic amines is 1. The summed E-state index contributed by atoms with van der Waals surface area (Å²) in [6.45, 7) is 10.7. The van der Waals surface area contributed by atoms with Gasteiger partial charge in [-0.3, -0.25) is 4.79 Å². The summed E-state index contributed by atoms with van der Waals surface area (Å²) >= 11 is 0. The molecule has 1 fully saturated rings. The molecule has 0 bridgehead atoms. The third-order valence-corrected chi connectivity index (χ3v) is 4.12. The molecule has 0 unspecified atom stereocenters. The van der Waals surface area contributed by atoms with Crippen LogP contribution in [0.5, 0.6) is 0 Å². The number of hydrogen-bond acceptors (Lipinski definition) is 3. The zero-order chi connectivity index (χ0) is 14.8. The fraction of sp³-hybridized carbons (Fsp3) is 0.533. The largest absolute Gasteiger partial charge is 0.381 e. The molecule has 110 valence electrons. The van der Waals surface area contributed by atoms with Gasteiger partial charge in [0.1, 0.15) is 0 Å². The Hall–Kier alpha value is -2.13. The Morgan fingerprint density at radius 2 is 2.29 bits per heavy atom. The Morgan fingerprint density at radius 1 is 1.52 bits per heavy atom. The molecule has 6 heteroatoms. The maximum atomic E-state index is 12.5. The van der Waals surface area contributed by atoms with E-state index in [0.29, 0.717) is 23.7 Å². The maximum absolute atomic E-state index is 12.5. The minimum atomic E-state index is -0.0838. The van der Waals surface area contributed by atoms with Gasteiger partial charge < -0.3 is 9.84 Å². The molecule has 0 saturated carbocycles. The van der Waals surface area contributed by atoms with Crippen molar-refractivity contribution in [2.75, 3.05) is 13.2 Å². The van der Waals surface area contributed by atoms with E-state index in [1.807, 2.05) is 6.92 Å². The first-order valence-electron chi connectivity index (χ1n) is 7.31. The zero-order valence-electron chi connectivity index (χ0n) is 12.1. The molecule has 1 saturated heterocycles. The topological polar surface area (TPSA) is 63.8 Å². The molecule has 0 spiro atoms. The molecule has 3 rings (SSSR count). The van der Waals surface area contributed by atoms with Gasteiger partial charge in [-0.15, -0.1) is 0 Å². The van der Waals surface area contributed by atoms with Crippen LogP contribution in [0.25, 0.3) is 10.5 Å². The van der Waals surface area contributed by atoms with Gasteiger partial charge >= 0.3 is 0 Å². The Morgan fingerprint density at radius 3 is 2.95 bits per heavy atom. The van der Waals surface area contributed by atoms with E-state index in [4.69, 9.17) is 11.3 Å². The average Bonchev–Trinajstić information content (AvgIpc) is 2.92. The van der Waals surface area contributed by atoms with Crippen LogP contribution in [0.1, 0.15) is 31.0 Å². The summed E-state index contributed by atoms with van der Waals surface area (Å²) in [4.78, 5) is 20.5. The first-order valence-corrected chi connectivity index (χ1v) is 7.31. The molecule has 0 radical (unpaired) electrons. The maximum Gasteiger partial charge on any atom is 0.274 e. The van der Waals surface area contributed by atoms with Crippen LogP contribution >= 0.6 is 0 Å². The predicted molar refractivity (Wildman–Crippen MR) is 78.7 cm³/mol. The molecule has 3 heterocycles. The van der Waals surface area contributed by atoms with Crippen LogP contribution in [-0.2, 0) is 17.6 Å². The Bertz CT molecular complexity index is 747. The second kappa shape index (κ2) is 5.70. The van der Waals surface area contributed by atoms with E-state index >= 15 is 0 Å². The lowest BCUT2D eigenvalue weighted by Gasteiger charge is -2.22. The van der Waals surface area contributed by atoms with Gasteiger partial charge in [-0.1, -0.05) is 6.92 Å². The van der Waals surface area contributed by atoms with Gasteiger partial charge in [0.25, 0.3) is 5.56 Å². The first-order chi connectivity index (χ1) is 10.2. The molecular formula is C15H18N4O2. The van der Waals surface area contributed by atoms with Gasteiger partial charge in [0.15, 0.2) is 5.65 Å². The number of rotatable bonds is 3. The van der Waals surface area contributed by atoms with E-state index in [1.54, 1.807) is 0 Å². The number of nitrogens with zero attached hydrogens (tertiary/aromatic N) is 3. The van der Waals surface area contributed by atoms with Crippen LogP contribution in [0.15, 0.2) is 11.0 Å². The highest BCUT2D eigenvalue weighted by Crippen LogP contribution is 2.23. The van der Waals surface area contributed by atoms with Crippen LogP contribution in [0, 0.1) is 12.5 Å². The van der Waals surface area contributed by atoms with Crippen LogP contribution in [0.2, 0.25) is 0 Å². The molecule has 0 amide bonds. The summed E-state index contributed by atoms with van der Waals surface area (Å²) in [5.74, 6) is 0.508. The van der Waals surface area contributed by atoms with E-state index < -0.39 is 0 Å². The van der Waals surface area contributed by atoms with E-state index in [2.05, 4.69) is 14.9 Å². The van der Waals surface area contributed by atoms with Gasteiger partial charge in [0.05, 0.1) is 12.3 Å². The van der Waals surface area contributed by atoms with E-state index in [0.717, 1.165) is 43.7 Å². The average molecular weight is 286 g/mol. The van der Waals surface area contributed by atoms with Crippen LogP contribution in [0.3, 0.4) is 0 Å². The Labute approximate surface area is 122 Å². The number of hydrogen-bond donors (Lipinski definition) is 1. The second-order valence-electron chi connectivity index (χ2n) is 5.39. The number of H-pyrrole nitrogens is 1. The molecule has 21 heavy (non-hydrogen) atoms. The number of ether oxygens (including phenoxy) is 1. The summed E-state index contributed by atoms with van der Waals surface area (Å²) < 4.78 is 6.76. The molecule has 0 atom stereocenters. The molecule has 6 nitrogen and oxygen atoms in total. The number of nitrogens with one attached hydrogen (secondary N) is 1. The van der Waals surface area contributed by atoms with Crippen LogP contribution in [-0.4, -0.2) is 27.8 Å². The lowest BCUT2D eigenvalue weighted by atomic mass is 9.93. The summed E-state index contributed by atoms with van der Waals surface area (Å²) in [6, 6.07) is 0. The van der Waals surface area contributed by atoms with Crippen molar-refractivity contribution in [1.29, 1.82) is 0 Å². The lowest BCUT2D eigenvalue weighted by Crippen LogP contribution is -2.25. The molecule has 1 aliphatic rings. The van der Waals surface area contributed by atoms with Crippen molar-refractivity contribution in [3.63, 3.8) is 0 Å². The normalized spacial score (nSPS) is 16.2. The predicted octanol–water partition coefficient (Wildman–Crippen LogP) is 2.10. The summed E-state index contributed by atoms with van der Waals surface area (Å²) in [5, 5.41) is 2.82. The minimum Gasteiger partial charge on any atom is -0.381 e. The fourth-order valence-electron chi connectivity index (χ4n) is 2.91. The van der Waals surface area contributed by atoms with Crippen molar-refractivity contribution in [2.45, 2.75) is 32.6 Å². The quantitative estimate of drug-likeness (QED) is 0.879. The van der Waals surface area contributed by atoms with E-state index in [9.17, 15) is 4.79 Å². The molecule has 0 aromatic carbocycles. The van der Waals surface area contributed by atoms with Crippen LogP contribution in [0.4, 0.5) is 5.69 Å². The molecule has 1 aliphatic heterocycles. The smallest absolute Gasteiger partial charge is 0.274 e. The third kappa shape index (κ3) is 2.45. The Kier molecular flexibility index (Phi) is 3.76. The van der Waals surface area contributed by atoms with Gasteiger partial charge in [-0.2, -0.15) is 0 Å². The highest BCUT2D eigenvalue weighted by atomic mass is 16.5. The molecule has 2 aromatic heterocycles. The lowest BCUT2D eigenvalue weighted by molar-refractivity contribution is 0.0662. The van der Waals surface area contributed by atoms with Gasteiger partial charge in [0.2, 0.25) is 5.69 Å². The van der Waals surface area contributed by atoms with Crippen molar-refractivity contribution in [3.05, 3.63) is 39.2 Å². The van der Waals surface area contributed by atoms with E-state index in [1.165, 1.54) is 10.7 Å². The zero-order valence-corrected chi connectivity index (χ0v) is 12.1. The number of aromatic nitrogens is 3. The summed E-state index contributed by atoms with van der Waals surface area (Å²) in [5.41, 5.74) is 2.34. The highest BCUT2D eigenvalue weighted by molar-refractivity contribution is 5.67. The van der Waals surface area contributed by atoms with Crippen molar-refractivity contribution in [2.24, 2.45) is 5.92 Å². The molecule has 0 aliphatic carbocycles. The summed E-state index contributed by atoms with van der Waals surface area (Å²) in [7, 11) is 0. The fourth-order valence-corrected chi connectivity index (χ4v) is 2.91. The van der Waals surface area contributed by atoms with Crippen molar-refractivity contribution in [3.8, 4) is 0 Å². The standard InChI is InChI=1S/C15H18N4O2/c1-3-11-12(8-10-4-6-21-7-5-10)18-14-13(16-2)9-17-19(14)15(11)20/h9-10,17H,3-8H2,1H3. The van der Waals surface area contributed by atoms with Crippen molar-refractivity contribution in [1.82, 2.24) is 14.6 Å². The second-order valence-corrected chi connectivity index (χ2v) is 5.39. The number of fused-ring (bicyclic) bond motifs is 1. The van der Waals surface area contributed by atoms with Gasteiger partial charge in [-0.25, -0.2) is 14.3 Å². The Balaban J connectivity index is 2.07. The highest BCUT2D eigenvalue weighted by Gasteiger charge is 2.20. The van der Waals surface area contributed by atoms with Crippen molar-refractivity contribution < 1.29 is 4.74 Å². The molecule has 2 aromatic rings. The van der Waals surface area contributed by atoms with E-state index in [-0.39, 0.29) is 5.56 Å². The van der Waals surface area contributed by atoms with Crippen molar-refractivity contribution >= 4 is 11.3 Å². The van der Waals surface area contributed by atoms with Gasteiger partial charge in [-0.05, 0) is 31.6 Å². The first kappa shape index (κ1) is 13.8. The minimum absolute atomic E-state index is 0.0838.